The molecule has 0 radical (unpaired) electrons. The number of nitrogens with one attached hydrogen (secondary N) is 1. The lowest BCUT2D eigenvalue weighted by Gasteiger charge is -2.33. The molecule has 1 amide bonds. The number of hydrogen-bond acceptors (Lipinski definition) is 4. The van der Waals surface area contributed by atoms with E-state index in [1.165, 1.54) is 18.4 Å². The topological polar surface area (TPSA) is 59.4 Å². The molecule has 1 aliphatic carbocycles. The summed E-state index contributed by atoms with van der Waals surface area (Å²) in [4.78, 5) is 20.0. The first-order chi connectivity index (χ1) is 16.6. The Morgan fingerprint density at radius 1 is 1.03 bits per heavy atom. The van der Waals surface area contributed by atoms with E-state index in [9.17, 15) is 4.79 Å². The maximum atomic E-state index is 12.8. The lowest BCUT2D eigenvalue weighted by molar-refractivity contribution is -0.126. The molecule has 2 aliphatic heterocycles. The van der Waals surface area contributed by atoms with Crippen molar-refractivity contribution in [1.29, 1.82) is 0 Å². The summed E-state index contributed by atoms with van der Waals surface area (Å²) in [7, 11) is 0. The van der Waals surface area contributed by atoms with Crippen LogP contribution in [0, 0.1) is 5.92 Å². The van der Waals surface area contributed by atoms with Crippen LogP contribution in [0.25, 0.3) is 16.7 Å². The highest BCUT2D eigenvalue weighted by atomic mass is 35.5. The Kier molecular flexibility index (Phi) is 5.92. The molecule has 8 heteroatoms. The molecule has 6 rings (SSSR count). The fraction of sp³-hybridized carbons (Fsp3) is 0.462. The minimum absolute atomic E-state index is 0.0248. The van der Waals surface area contributed by atoms with Gasteiger partial charge >= 0.3 is 0 Å². The van der Waals surface area contributed by atoms with Gasteiger partial charge in [0.1, 0.15) is 0 Å². The summed E-state index contributed by atoms with van der Waals surface area (Å²) in [5, 5.41) is 4.19. The molecule has 2 saturated heterocycles. The van der Waals surface area contributed by atoms with Gasteiger partial charge in [-0.25, -0.2) is 4.98 Å². The fourth-order valence-corrected chi connectivity index (χ4v) is 5.49. The summed E-state index contributed by atoms with van der Waals surface area (Å²) in [6, 6.07) is 12.6. The zero-order valence-electron chi connectivity index (χ0n) is 19.0. The first-order valence-electron chi connectivity index (χ1n) is 12.2. The van der Waals surface area contributed by atoms with Crippen molar-refractivity contribution in [2.45, 2.75) is 44.1 Å². The number of halogens is 2. The number of ether oxygens (including phenoxy) is 1. The first kappa shape index (κ1) is 22.2. The monoisotopic (exact) mass is 498 g/mol. The molecule has 1 saturated carbocycles. The SMILES string of the molecule is O=C(N[C@@H]1CCOC1)C1CCN(c2nc3cc(Cl)c(Cl)cc3n2-c2cccc(C3CC3)c2)CC1. The molecule has 3 fully saturated rings. The molecule has 1 atom stereocenters. The van der Waals surface area contributed by atoms with Crippen molar-refractivity contribution in [1.82, 2.24) is 14.9 Å². The minimum atomic E-state index is 0.0248. The van der Waals surface area contributed by atoms with Gasteiger partial charge in [0.2, 0.25) is 11.9 Å². The zero-order valence-corrected chi connectivity index (χ0v) is 20.5. The molecule has 178 valence electrons. The summed E-state index contributed by atoms with van der Waals surface area (Å²) in [5.74, 6) is 1.72. The Morgan fingerprint density at radius 3 is 2.56 bits per heavy atom. The Hall–Kier alpha value is -2.28. The lowest BCUT2D eigenvalue weighted by atomic mass is 9.95. The largest absolute Gasteiger partial charge is 0.379 e. The number of aromatic nitrogens is 2. The highest BCUT2D eigenvalue weighted by Gasteiger charge is 2.30. The Balaban J connectivity index is 1.30. The number of carbonyl (C=O) groups excluding carboxylic acids is 1. The average Bonchev–Trinajstić information content (AvgIpc) is 3.47. The third kappa shape index (κ3) is 4.28. The van der Waals surface area contributed by atoms with E-state index < -0.39 is 0 Å². The number of nitrogens with zero attached hydrogens (tertiary/aromatic N) is 3. The molecule has 1 N–H and O–H groups in total. The number of carbonyl (C=O) groups is 1. The molecular formula is C26H28Cl2N4O2. The van der Waals surface area contributed by atoms with E-state index in [0.29, 0.717) is 22.6 Å². The molecule has 34 heavy (non-hydrogen) atoms. The van der Waals surface area contributed by atoms with E-state index in [4.69, 9.17) is 32.9 Å². The predicted molar refractivity (Wildman–Crippen MR) is 135 cm³/mol. The van der Waals surface area contributed by atoms with Crippen molar-refractivity contribution in [2.24, 2.45) is 5.92 Å². The summed E-state index contributed by atoms with van der Waals surface area (Å²) in [6.07, 6.45) is 5.01. The van der Waals surface area contributed by atoms with Gasteiger partial charge in [0.25, 0.3) is 0 Å². The second-order valence-corrected chi connectivity index (χ2v) is 10.5. The lowest BCUT2D eigenvalue weighted by Crippen LogP contribution is -2.44. The van der Waals surface area contributed by atoms with Crippen LogP contribution in [0.1, 0.15) is 43.6 Å². The van der Waals surface area contributed by atoms with Crippen molar-refractivity contribution in [3.05, 3.63) is 52.0 Å². The molecule has 0 spiro atoms. The molecule has 3 heterocycles. The Morgan fingerprint density at radius 2 is 1.82 bits per heavy atom. The van der Waals surface area contributed by atoms with E-state index in [1.807, 2.05) is 12.1 Å². The van der Waals surface area contributed by atoms with Crippen LogP contribution in [0.3, 0.4) is 0 Å². The Bertz CT molecular complexity index is 1230. The number of rotatable bonds is 5. The third-order valence-corrected chi connectivity index (χ3v) is 8.00. The van der Waals surface area contributed by atoms with Gasteiger partial charge in [0.15, 0.2) is 0 Å². The van der Waals surface area contributed by atoms with Crippen molar-refractivity contribution < 1.29 is 9.53 Å². The van der Waals surface area contributed by atoms with Gasteiger partial charge in [-0.2, -0.15) is 0 Å². The molecule has 6 nitrogen and oxygen atoms in total. The van der Waals surface area contributed by atoms with Crippen LogP contribution in [0.2, 0.25) is 10.0 Å². The van der Waals surface area contributed by atoms with Gasteiger partial charge in [0.05, 0.1) is 33.7 Å². The first-order valence-corrected chi connectivity index (χ1v) is 12.9. The number of fused-ring (bicyclic) bond motifs is 1. The fourth-order valence-electron chi connectivity index (χ4n) is 5.17. The van der Waals surface area contributed by atoms with Gasteiger partial charge in [0, 0.05) is 31.3 Å². The van der Waals surface area contributed by atoms with E-state index in [-0.39, 0.29) is 17.9 Å². The Labute approximate surface area is 209 Å². The van der Waals surface area contributed by atoms with Crippen LogP contribution in [-0.4, -0.2) is 47.8 Å². The van der Waals surface area contributed by atoms with E-state index >= 15 is 0 Å². The van der Waals surface area contributed by atoms with Gasteiger partial charge in [-0.1, -0.05) is 35.3 Å². The molecule has 2 aromatic carbocycles. The molecule has 0 unspecified atom stereocenters. The summed E-state index contributed by atoms with van der Waals surface area (Å²) >= 11 is 12.7. The van der Waals surface area contributed by atoms with Crippen LogP contribution >= 0.6 is 23.2 Å². The van der Waals surface area contributed by atoms with Crippen LogP contribution < -0.4 is 10.2 Å². The summed E-state index contributed by atoms with van der Waals surface area (Å²) in [5.41, 5.74) is 4.22. The normalized spacial score (nSPS) is 21.4. The third-order valence-electron chi connectivity index (χ3n) is 7.28. The minimum Gasteiger partial charge on any atom is -0.379 e. The second-order valence-electron chi connectivity index (χ2n) is 9.70. The molecule has 0 bridgehead atoms. The highest BCUT2D eigenvalue weighted by molar-refractivity contribution is 6.42. The smallest absolute Gasteiger partial charge is 0.223 e. The maximum absolute atomic E-state index is 12.8. The van der Waals surface area contributed by atoms with Gasteiger partial charge in [-0.05, 0) is 67.9 Å². The average molecular weight is 499 g/mol. The number of amides is 1. The summed E-state index contributed by atoms with van der Waals surface area (Å²) in [6.45, 7) is 2.90. The predicted octanol–water partition coefficient (Wildman–Crippen LogP) is 5.33. The standard InChI is InChI=1S/C26H28Cl2N4O2/c27-21-13-23-24(14-22(21)28)32(20-3-1-2-18(12-20)16-4-5-16)26(30-23)31-9-6-17(7-10-31)25(33)29-19-8-11-34-15-19/h1-3,12-14,16-17,19H,4-11,15H2,(H,29,33)/t19-/m1/s1. The number of anilines is 1. The molecule has 3 aromatic rings. The maximum Gasteiger partial charge on any atom is 0.223 e. The highest BCUT2D eigenvalue weighted by Crippen LogP contribution is 2.41. The zero-order chi connectivity index (χ0) is 23.2. The van der Waals surface area contributed by atoms with Crippen LogP contribution in [0.4, 0.5) is 5.95 Å². The van der Waals surface area contributed by atoms with Crippen LogP contribution in [-0.2, 0) is 9.53 Å². The number of piperidine rings is 1. The molecule has 3 aliphatic rings. The number of benzene rings is 2. The van der Waals surface area contributed by atoms with Crippen LogP contribution in [0.15, 0.2) is 36.4 Å². The number of hydrogen-bond donors (Lipinski definition) is 1. The van der Waals surface area contributed by atoms with E-state index in [1.54, 1.807) is 0 Å². The van der Waals surface area contributed by atoms with Crippen molar-refractivity contribution in [3.8, 4) is 5.69 Å². The second kappa shape index (κ2) is 9.06. The number of imidazole rings is 1. The van der Waals surface area contributed by atoms with Gasteiger partial charge in [-0.15, -0.1) is 0 Å². The summed E-state index contributed by atoms with van der Waals surface area (Å²) < 4.78 is 7.59. The molecular weight excluding hydrogens is 471 g/mol. The van der Waals surface area contributed by atoms with Crippen LogP contribution in [0.5, 0.6) is 0 Å². The van der Waals surface area contributed by atoms with Crippen molar-refractivity contribution in [2.75, 3.05) is 31.2 Å². The van der Waals surface area contributed by atoms with Gasteiger partial charge < -0.3 is 15.0 Å². The molecule has 1 aromatic heterocycles. The van der Waals surface area contributed by atoms with Crippen molar-refractivity contribution >= 4 is 46.1 Å². The van der Waals surface area contributed by atoms with E-state index in [0.717, 1.165) is 61.6 Å². The van der Waals surface area contributed by atoms with Crippen molar-refractivity contribution in [3.63, 3.8) is 0 Å². The van der Waals surface area contributed by atoms with E-state index in [2.05, 4.69) is 39.0 Å². The van der Waals surface area contributed by atoms with Gasteiger partial charge in [-0.3, -0.25) is 9.36 Å². The quantitative estimate of drug-likeness (QED) is 0.516.